The van der Waals surface area contributed by atoms with Crippen molar-refractivity contribution >= 4 is 11.6 Å². The first-order valence-electron chi connectivity index (χ1n) is 11.6. The van der Waals surface area contributed by atoms with Gasteiger partial charge in [0.2, 0.25) is 0 Å². The molecule has 168 valence electrons. The number of Topliss-reactive ketones (excluding diaryl/α,β-unsaturated/α-hetero) is 2. The minimum Gasteiger partial charge on any atom is -0.494 e. The summed E-state index contributed by atoms with van der Waals surface area (Å²) in [5.74, 6) is 0.702. The maximum atomic E-state index is 13.8. The highest BCUT2D eigenvalue weighted by Gasteiger charge is 2.58. The van der Waals surface area contributed by atoms with Gasteiger partial charge in [0.15, 0.2) is 17.1 Å². The highest BCUT2D eigenvalue weighted by Crippen LogP contribution is 2.43. The Balaban J connectivity index is 1.42. The van der Waals surface area contributed by atoms with Gasteiger partial charge in [-0.05, 0) is 18.6 Å². The van der Waals surface area contributed by atoms with Gasteiger partial charge in [0.25, 0.3) is 0 Å². The van der Waals surface area contributed by atoms with Crippen LogP contribution in [0, 0.1) is 0 Å². The van der Waals surface area contributed by atoms with Crippen molar-refractivity contribution < 1.29 is 14.3 Å². The van der Waals surface area contributed by atoms with Crippen molar-refractivity contribution in [1.82, 2.24) is 9.80 Å². The van der Waals surface area contributed by atoms with Crippen molar-refractivity contribution in [2.45, 2.75) is 19.0 Å². The standard InChI is InChI=1S/C28H28N2O3/c1-2-33-25-15-9-6-10-21(25)20-29-16-18-30(19-17-29)28(22-11-4-3-5-12-22)26(31)23-13-7-8-14-24(23)27(28)32/h3-15H,2,16-20H2,1H3. The summed E-state index contributed by atoms with van der Waals surface area (Å²) in [6.45, 7) is 6.22. The third kappa shape index (κ3) is 3.58. The minimum atomic E-state index is -1.28. The number of para-hydroxylation sites is 1. The van der Waals surface area contributed by atoms with E-state index in [0.29, 0.717) is 30.8 Å². The van der Waals surface area contributed by atoms with E-state index >= 15 is 0 Å². The van der Waals surface area contributed by atoms with Crippen LogP contribution in [0.25, 0.3) is 0 Å². The van der Waals surface area contributed by atoms with Gasteiger partial charge >= 0.3 is 0 Å². The molecule has 1 aliphatic carbocycles. The maximum absolute atomic E-state index is 13.8. The van der Waals surface area contributed by atoms with Gasteiger partial charge < -0.3 is 4.74 Å². The van der Waals surface area contributed by atoms with E-state index in [9.17, 15) is 9.59 Å². The molecule has 3 aromatic rings. The fourth-order valence-electron chi connectivity index (χ4n) is 5.20. The number of ketones is 2. The fourth-order valence-corrected chi connectivity index (χ4v) is 5.20. The average molecular weight is 441 g/mol. The van der Waals surface area contributed by atoms with Crippen molar-refractivity contribution in [3.05, 3.63) is 101 Å². The van der Waals surface area contributed by atoms with Gasteiger partial charge in [-0.3, -0.25) is 19.4 Å². The molecule has 3 aromatic carbocycles. The first kappa shape index (κ1) is 21.6. The van der Waals surface area contributed by atoms with E-state index in [-0.39, 0.29) is 11.6 Å². The Hall–Kier alpha value is -3.28. The van der Waals surface area contributed by atoms with Gasteiger partial charge in [0.05, 0.1) is 6.61 Å². The van der Waals surface area contributed by atoms with Crippen molar-refractivity contribution in [3.63, 3.8) is 0 Å². The average Bonchev–Trinajstić information content (AvgIpc) is 3.09. The summed E-state index contributed by atoms with van der Waals surface area (Å²) in [6.07, 6.45) is 0. The smallest absolute Gasteiger partial charge is 0.196 e. The van der Waals surface area contributed by atoms with E-state index < -0.39 is 5.54 Å². The zero-order chi connectivity index (χ0) is 22.8. The summed E-state index contributed by atoms with van der Waals surface area (Å²) in [5, 5.41) is 0. The minimum absolute atomic E-state index is 0.107. The zero-order valence-corrected chi connectivity index (χ0v) is 18.9. The number of nitrogens with zero attached hydrogens (tertiary/aromatic N) is 2. The molecule has 0 saturated carbocycles. The lowest BCUT2D eigenvalue weighted by Crippen LogP contribution is -2.60. The van der Waals surface area contributed by atoms with E-state index in [1.165, 1.54) is 0 Å². The van der Waals surface area contributed by atoms with Crippen LogP contribution in [0.15, 0.2) is 78.9 Å². The Morgan fingerprint density at radius 1 is 0.758 bits per heavy atom. The second kappa shape index (κ2) is 8.93. The van der Waals surface area contributed by atoms with Crippen LogP contribution < -0.4 is 4.74 Å². The monoisotopic (exact) mass is 440 g/mol. The van der Waals surface area contributed by atoms with Crippen LogP contribution in [0.5, 0.6) is 5.75 Å². The number of benzene rings is 3. The molecule has 1 fully saturated rings. The number of hydrogen-bond donors (Lipinski definition) is 0. The molecule has 1 heterocycles. The van der Waals surface area contributed by atoms with Gasteiger partial charge in [0.1, 0.15) is 5.75 Å². The van der Waals surface area contributed by atoms with Crippen LogP contribution in [0.4, 0.5) is 0 Å². The lowest BCUT2D eigenvalue weighted by Gasteiger charge is -2.44. The largest absolute Gasteiger partial charge is 0.494 e. The molecule has 0 unspecified atom stereocenters. The Labute approximate surface area is 194 Å². The molecule has 33 heavy (non-hydrogen) atoms. The lowest BCUT2D eigenvalue weighted by molar-refractivity contribution is 0.0278. The molecule has 0 N–H and O–H groups in total. The molecule has 0 atom stereocenters. The number of carbonyl (C=O) groups is 2. The first-order valence-corrected chi connectivity index (χ1v) is 11.6. The van der Waals surface area contributed by atoms with Crippen LogP contribution in [-0.2, 0) is 12.1 Å². The molecule has 0 amide bonds. The molecule has 5 nitrogen and oxygen atoms in total. The summed E-state index contributed by atoms with van der Waals surface area (Å²) in [7, 11) is 0. The second-order valence-corrected chi connectivity index (χ2v) is 8.58. The second-order valence-electron chi connectivity index (χ2n) is 8.58. The molecule has 1 saturated heterocycles. The number of ether oxygens (including phenoxy) is 1. The van der Waals surface area contributed by atoms with Crippen LogP contribution in [-0.4, -0.2) is 54.2 Å². The summed E-state index contributed by atoms with van der Waals surface area (Å²) in [5.41, 5.74) is 1.69. The molecule has 0 bridgehead atoms. The number of carbonyl (C=O) groups excluding carboxylic acids is 2. The van der Waals surface area contributed by atoms with Crippen LogP contribution in [0.1, 0.15) is 38.8 Å². The molecule has 5 rings (SSSR count). The number of piperazine rings is 1. The van der Waals surface area contributed by atoms with E-state index in [1.807, 2.05) is 67.6 Å². The van der Waals surface area contributed by atoms with E-state index in [0.717, 1.165) is 36.5 Å². The van der Waals surface area contributed by atoms with E-state index in [1.54, 1.807) is 12.1 Å². The van der Waals surface area contributed by atoms with Gasteiger partial charge in [-0.1, -0.05) is 72.8 Å². The summed E-state index contributed by atoms with van der Waals surface area (Å²) in [6, 6.07) is 24.9. The highest BCUT2D eigenvalue weighted by molar-refractivity contribution is 6.32. The number of fused-ring (bicyclic) bond motifs is 1. The summed E-state index contributed by atoms with van der Waals surface area (Å²) < 4.78 is 5.79. The van der Waals surface area contributed by atoms with Crippen molar-refractivity contribution in [2.75, 3.05) is 32.8 Å². The van der Waals surface area contributed by atoms with Crippen LogP contribution >= 0.6 is 0 Å². The zero-order valence-electron chi connectivity index (χ0n) is 18.9. The molecular weight excluding hydrogens is 412 g/mol. The molecule has 0 radical (unpaired) electrons. The molecule has 0 spiro atoms. The molecule has 1 aliphatic heterocycles. The summed E-state index contributed by atoms with van der Waals surface area (Å²) >= 11 is 0. The van der Waals surface area contributed by atoms with Crippen molar-refractivity contribution in [2.24, 2.45) is 0 Å². The van der Waals surface area contributed by atoms with Gasteiger partial charge in [-0.2, -0.15) is 0 Å². The van der Waals surface area contributed by atoms with Crippen molar-refractivity contribution in [1.29, 1.82) is 0 Å². The molecular formula is C28H28N2O3. The molecule has 0 aromatic heterocycles. The Bertz CT molecular complexity index is 1130. The first-order chi connectivity index (χ1) is 16.2. The summed E-state index contributed by atoms with van der Waals surface area (Å²) in [4.78, 5) is 32.1. The SMILES string of the molecule is CCOc1ccccc1CN1CCN(C2(c3ccccc3)C(=O)c3ccccc3C2=O)CC1. The highest BCUT2D eigenvalue weighted by atomic mass is 16.5. The predicted octanol–water partition coefficient (Wildman–Crippen LogP) is 4.18. The van der Waals surface area contributed by atoms with Gasteiger partial charge in [0, 0.05) is 49.4 Å². The van der Waals surface area contributed by atoms with E-state index in [2.05, 4.69) is 15.9 Å². The molecule has 2 aliphatic rings. The Kier molecular flexibility index (Phi) is 5.83. The third-order valence-electron chi connectivity index (χ3n) is 6.78. The third-order valence-corrected chi connectivity index (χ3v) is 6.78. The van der Waals surface area contributed by atoms with Crippen molar-refractivity contribution in [3.8, 4) is 5.75 Å². The topological polar surface area (TPSA) is 49.9 Å². The Morgan fingerprint density at radius 3 is 1.97 bits per heavy atom. The fraction of sp³-hybridized carbons (Fsp3) is 0.286. The van der Waals surface area contributed by atoms with Crippen LogP contribution in [0.3, 0.4) is 0 Å². The predicted molar refractivity (Wildman–Crippen MR) is 128 cm³/mol. The normalized spacial score (nSPS) is 18.3. The maximum Gasteiger partial charge on any atom is 0.196 e. The number of hydrogen-bond acceptors (Lipinski definition) is 5. The van der Waals surface area contributed by atoms with Gasteiger partial charge in [-0.25, -0.2) is 0 Å². The van der Waals surface area contributed by atoms with Crippen LogP contribution in [0.2, 0.25) is 0 Å². The quantitative estimate of drug-likeness (QED) is 0.539. The molecule has 5 heteroatoms. The lowest BCUT2D eigenvalue weighted by atomic mass is 9.82. The Morgan fingerprint density at radius 2 is 1.33 bits per heavy atom. The van der Waals surface area contributed by atoms with E-state index in [4.69, 9.17) is 4.74 Å². The number of rotatable bonds is 6. The van der Waals surface area contributed by atoms with Gasteiger partial charge in [-0.15, -0.1) is 0 Å².